The molecule has 0 bridgehead atoms. The van der Waals surface area contributed by atoms with Gasteiger partial charge in [-0.3, -0.25) is 9.59 Å². The summed E-state index contributed by atoms with van der Waals surface area (Å²) in [7, 11) is 1.61. The monoisotopic (exact) mass is 341 g/mol. The summed E-state index contributed by atoms with van der Waals surface area (Å²) in [5.74, 6) is -0.498. The number of carbonyl (C=O) groups is 2. The lowest BCUT2D eigenvalue weighted by Crippen LogP contribution is -2.40. The number of benzene rings is 2. The third kappa shape index (κ3) is 5.93. The van der Waals surface area contributed by atoms with Crippen LogP contribution in [0, 0.1) is 0 Å². The van der Waals surface area contributed by atoms with Gasteiger partial charge < -0.3 is 21.1 Å². The Labute approximate surface area is 147 Å². The van der Waals surface area contributed by atoms with E-state index in [1.807, 2.05) is 48.5 Å². The Bertz CT molecular complexity index is 714. The van der Waals surface area contributed by atoms with Crippen molar-refractivity contribution in [1.82, 2.24) is 10.6 Å². The van der Waals surface area contributed by atoms with Crippen molar-refractivity contribution in [2.75, 3.05) is 13.7 Å². The highest BCUT2D eigenvalue weighted by Gasteiger charge is 2.12. The number of nitrogens with two attached hydrogens (primary N) is 1. The summed E-state index contributed by atoms with van der Waals surface area (Å²) in [6, 6.07) is 15.1. The van der Waals surface area contributed by atoms with Crippen LogP contribution in [-0.2, 0) is 29.1 Å². The minimum absolute atomic E-state index is 0.290. The Morgan fingerprint density at radius 1 is 0.960 bits per heavy atom. The minimum Gasteiger partial charge on any atom is -0.497 e. The van der Waals surface area contributed by atoms with Crippen molar-refractivity contribution in [3.8, 4) is 5.75 Å². The summed E-state index contributed by atoms with van der Waals surface area (Å²) in [4.78, 5) is 23.6. The molecule has 0 atom stereocenters. The van der Waals surface area contributed by atoms with Gasteiger partial charge in [0.2, 0.25) is 0 Å². The van der Waals surface area contributed by atoms with Gasteiger partial charge in [0.1, 0.15) is 5.75 Å². The molecule has 0 saturated heterocycles. The number of nitrogens with one attached hydrogen (secondary N) is 2. The molecule has 0 heterocycles. The second-order valence-electron chi connectivity index (χ2n) is 5.56. The Kier molecular flexibility index (Phi) is 6.98. The quantitative estimate of drug-likeness (QED) is 0.658. The minimum atomic E-state index is -0.645. The molecule has 4 N–H and O–H groups in total. The van der Waals surface area contributed by atoms with E-state index in [9.17, 15) is 9.59 Å². The fraction of sp³-hybridized carbons (Fsp3) is 0.263. The number of rotatable bonds is 7. The summed E-state index contributed by atoms with van der Waals surface area (Å²) < 4.78 is 5.09. The highest BCUT2D eigenvalue weighted by Crippen LogP contribution is 2.11. The number of hydrogen-bond donors (Lipinski definition) is 3. The molecular weight excluding hydrogens is 318 g/mol. The Morgan fingerprint density at radius 2 is 1.64 bits per heavy atom. The predicted octanol–water partition coefficient (Wildman–Crippen LogP) is 1.13. The number of carbonyl (C=O) groups excluding carboxylic acids is 2. The van der Waals surface area contributed by atoms with E-state index < -0.39 is 11.8 Å². The van der Waals surface area contributed by atoms with Crippen molar-refractivity contribution in [3.63, 3.8) is 0 Å². The maximum atomic E-state index is 11.8. The second kappa shape index (κ2) is 9.44. The van der Waals surface area contributed by atoms with Gasteiger partial charge in [0.25, 0.3) is 0 Å². The van der Waals surface area contributed by atoms with Crippen LogP contribution in [0.5, 0.6) is 5.75 Å². The molecule has 0 aliphatic carbocycles. The van der Waals surface area contributed by atoms with E-state index in [-0.39, 0.29) is 0 Å². The third-order valence-electron chi connectivity index (χ3n) is 3.74. The number of methoxy groups -OCH3 is 1. The molecule has 132 valence electrons. The molecule has 0 aromatic heterocycles. The van der Waals surface area contributed by atoms with Gasteiger partial charge in [-0.2, -0.15) is 0 Å². The zero-order chi connectivity index (χ0) is 18.1. The van der Waals surface area contributed by atoms with E-state index in [0.717, 1.165) is 22.4 Å². The van der Waals surface area contributed by atoms with Crippen LogP contribution in [0.1, 0.15) is 16.7 Å². The zero-order valence-electron chi connectivity index (χ0n) is 14.2. The molecule has 6 nitrogen and oxygen atoms in total. The van der Waals surface area contributed by atoms with Crippen LogP contribution in [0.25, 0.3) is 0 Å². The molecule has 2 rings (SSSR count). The molecular formula is C19H23N3O3. The van der Waals surface area contributed by atoms with Crippen LogP contribution >= 0.6 is 0 Å². The van der Waals surface area contributed by atoms with Gasteiger partial charge in [0.05, 0.1) is 7.11 Å². The maximum absolute atomic E-state index is 11.8. The molecule has 0 saturated carbocycles. The molecule has 0 aliphatic rings. The lowest BCUT2D eigenvalue weighted by atomic mass is 10.1. The largest absolute Gasteiger partial charge is 0.497 e. The Balaban J connectivity index is 1.73. The smallest absolute Gasteiger partial charge is 0.309 e. The van der Waals surface area contributed by atoms with Gasteiger partial charge in [-0.05, 0) is 35.2 Å². The van der Waals surface area contributed by atoms with Crippen molar-refractivity contribution >= 4 is 11.8 Å². The van der Waals surface area contributed by atoms with Crippen LogP contribution in [0.4, 0.5) is 0 Å². The predicted molar refractivity (Wildman–Crippen MR) is 95.9 cm³/mol. The van der Waals surface area contributed by atoms with E-state index in [1.165, 1.54) is 0 Å². The van der Waals surface area contributed by atoms with Crippen LogP contribution in [-0.4, -0.2) is 25.5 Å². The lowest BCUT2D eigenvalue weighted by Gasteiger charge is -2.08. The van der Waals surface area contributed by atoms with Crippen LogP contribution in [0.3, 0.4) is 0 Å². The molecule has 2 aromatic rings. The first kappa shape index (κ1) is 18.5. The van der Waals surface area contributed by atoms with Crippen molar-refractivity contribution in [2.45, 2.75) is 19.5 Å². The van der Waals surface area contributed by atoms with Gasteiger partial charge in [-0.1, -0.05) is 36.4 Å². The first-order chi connectivity index (χ1) is 12.1. The first-order valence-corrected chi connectivity index (χ1v) is 8.09. The molecule has 25 heavy (non-hydrogen) atoms. The van der Waals surface area contributed by atoms with Crippen molar-refractivity contribution < 1.29 is 14.3 Å². The molecule has 0 unspecified atom stereocenters. The van der Waals surface area contributed by atoms with Crippen LogP contribution < -0.4 is 21.1 Å². The highest BCUT2D eigenvalue weighted by molar-refractivity contribution is 6.35. The van der Waals surface area contributed by atoms with E-state index in [2.05, 4.69) is 10.6 Å². The fourth-order valence-electron chi connectivity index (χ4n) is 2.32. The van der Waals surface area contributed by atoms with E-state index in [1.54, 1.807) is 7.11 Å². The average Bonchev–Trinajstić information content (AvgIpc) is 2.66. The molecule has 0 aliphatic heterocycles. The average molecular weight is 341 g/mol. The number of hydrogen-bond acceptors (Lipinski definition) is 4. The molecule has 2 amide bonds. The van der Waals surface area contributed by atoms with Crippen LogP contribution in [0.2, 0.25) is 0 Å². The number of ether oxygens (including phenoxy) is 1. The second-order valence-corrected chi connectivity index (χ2v) is 5.56. The normalized spacial score (nSPS) is 10.2. The van der Waals surface area contributed by atoms with Gasteiger partial charge in [-0.25, -0.2) is 0 Å². The van der Waals surface area contributed by atoms with Gasteiger partial charge in [-0.15, -0.1) is 0 Å². The maximum Gasteiger partial charge on any atom is 0.309 e. The van der Waals surface area contributed by atoms with Crippen molar-refractivity contribution in [1.29, 1.82) is 0 Å². The Hall–Kier alpha value is -2.86. The van der Waals surface area contributed by atoms with Gasteiger partial charge >= 0.3 is 11.8 Å². The van der Waals surface area contributed by atoms with Crippen LogP contribution in [0.15, 0.2) is 48.5 Å². The zero-order valence-corrected chi connectivity index (χ0v) is 14.2. The topological polar surface area (TPSA) is 93.4 Å². The molecule has 6 heteroatoms. The fourth-order valence-corrected chi connectivity index (χ4v) is 2.32. The lowest BCUT2D eigenvalue weighted by molar-refractivity contribution is -0.139. The summed E-state index contributed by atoms with van der Waals surface area (Å²) in [5.41, 5.74) is 8.53. The van der Waals surface area contributed by atoms with E-state index in [4.69, 9.17) is 10.5 Å². The SMILES string of the molecule is COc1ccc(CCNC(=O)C(=O)NCc2cccc(CN)c2)cc1. The van der Waals surface area contributed by atoms with Gasteiger partial charge in [0, 0.05) is 19.6 Å². The summed E-state index contributed by atoms with van der Waals surface area (Å²) in [6.07, 6.45) is 0.640. The summed E-state index contributed by atoms with van der Waals surface area (Å²) in [5, 5.41) is 5.22. The van der Waals surface area contributed by atoms with Crippen molar-refractivity contribution in [3.05, 3.63) is 65.2 Å². The summed E-state index contributed by atoms with van der Waals surface area (Å²) >= 11 is 0. The molecule has 2 aromatic carbocycles. The summed E-state index contributed by atoms with van der Waals surface area (Å²) in [6.45, 7) is 1.12. The third-order valence-corrected chi connectivity index (χ3v) is 3.74. The molecule has 0 radical (unpaired) electrons. The Morgan fingerprint density at radius 3 is 2.32 bits per heavy atom. The first-order valence-electron chi connectivity index (χ1n) is 8.09. The highest BCUT2D eigenvalue weighted by atomic mass is 16.5. The van der Waals surface area contributed by atoms with E-state index >= 15 is 0 Å². The molecule has 0 fully saturated rings. The van der Waals surface area contributed by atoms with E-state index in [0.29, 0.717) is 26.1 Å². The molecule has 0 spiro atoms. The van der Waals surface area contributed by atoms with Crippen molar-refractivity contribution in [2.24, 2.45) is 5.73 Å². The van der Waals surface area contributed by atoms with Gasteiger partial charge in [0.15, 0.2) is 0 Å². The standard InChI is InChI=1S/C19H23N3O3/c1-25-17-7-5-14(6-8-17)9-10-21-18(23)19(24)22-13-16-4-2-3-15(11-16)12-20/h2-8,11H,9-10,12-13,20H2,1H3,(H,21,23)(H,22,24). The number of amides is 2.